The fourth-order valence-electron chi connectivity index (χ4n) is 2.51. The number of hydrogen-bond acceptors (Lipinski definition) is 2. The molecule has 0 saturated heterocycles. The second-order valence-corrected chi connectivity index (χ2v) is 5.87. The van der Waals surface area contributed by atoms with E-state index in [2.05, 4.69) is 38.2 Å². The van der Waals surface area contributed by atoms with E-state index in [-0.39, 0.29) is 0 Å². The van der Waals surface area contributed by atoms with Crippen molar-refractivity contribution in [2.75, 3.05) is 18.5 Å². The van der Waals surface area contributed by atoms with Crippen LogP contribution < -0.4 is 10.1 Å². The van der Waals surface area contributed by atoms with E-state index < -0.39 is 0 Å². The second kappa shape index (κ2) is 6.86. The Kier molecular flexibility index (Phi) is 5.13. The van der Waals surface area contributed by atoms with Crippen LogP contribution >= 0.6 is 11.6 Å². The quantitative estimate of drug-likeness (QED) is 0.779. The molecule has 0 aliphatic carbocycles. The molecule has 21 heavy (non-hydrogen) atoms. The van der Waals surface area contributed by atoms with Gasteiger partial charge in [0.05, 0.1) is 0 Å². The highest BCUT2D eigenvalue weighted by molar-refractivity contribution is 6.31. The molecule has 0 aliphatic rings. The topological polar surface area (TPSA) is 21.3 Å². The zero-order valence-corrected chi connectivity index (χ0v) is 13.8. The van der Waals surface area contributed by atoms with E-state index in [1.54, 1.807) is 0 Å². The van der Waals surface area contributed by atoms with E-state index in [1.165, 1.54) is 22.4 Å². The van der Waals surface area contributed by atoms with Crippen molar-refractivity contribution < 1.29 is 4.74 Å². The van der Waals surface area contributed by atoms with Crippen molar-refractivity contribution >= 4 is 17.3 Å². The molecule has 112 valence electrons. The molecule has 2 rings (SSSR count). The van der Waals surface area contributed by atoms with Crippen LogP contribution in [0, 0.1) is 27.7 Å². The lowest BCUT2D eigenvalue weighted by Crippen LogP contribution is -2.13. The van der Waals surface area contributed by atoms with Gasteiger partial charge >= 0.3 is 0 Å². The molecule has 0 fully saturated rings. The Morgan fingerprint density at radius 2 is 1.62 bits per heavy atom. The first-order chi connectivity index (χ1) is 9.97. The van der Waals surface area contributed by atoms with Gasteiger partial charge in [0.1, 0.15) is 12.4 Å². The fourth-order valence-corrected chi connectivity index (χ4v) is 2.63. The zero-order chi connectivity index (χ0) is 15.4. The summed E-state index contributed by atoms with van der Waals surface area (Å²) in [6, 6.07) is 10.1. The molecule has 1 N–H and O–H groups in total. The van der Waals surface area contributed by atoms with Gasteiger partial charge in [-0.05, 0) is 62.6 Å². The van der Waals surface area contributed by atoms with Crippen molar-refractivity contribution in [2.24, 2.45) is 0 Å². The summed E-state index contributed by atoms with van der Waals surface area (Å²) >= 11 is 6.00. The van der Waals surface area contributed by atoms with Crippen LogP contribution in [0.25, 0.3) is 0 Å². The molecule has 3 heteroatoms. The summed E-state index contributed by atoms with van der Waals surface area (Å²) in [5.41, 5.74) is 6.08. The molecule has 0 atom stereocenters. The van der Waals surface area contributed by atoms with Crippen LogP contribution in [0.15, 0.2) is 30.3 Å². The minimum atomic E-state index is 0.619. The van der Waals surface area contributed by atoms with Crippen LogP contribution in [-0.4, -0.2) is 13.2 Å². The summed E-state index contributed by atoms with van der Waals surface area (Å²) in [5.74, 6) is 0.857. The highest BCUT2D eigenvalue weighted by Crippen LogP contribution is 2.22. The van der Waals surface area contributed by atoms with Gasteiger partial charge < -0.3 is 10.1 Å². The van der Waals surface area contributed by atoms with Gasteiger partial charge in [-0.15, -0.1) is 0 Å². The van der Waals surface area contributed by atoms with Crippen molar-refractivity contribution in [3.05, 3.63) is 57.6 Å². The monoisotopic (exact) mass is 303 g/mol. The van der Waals surface area contributed by atoms with Crippen LogP contribution in [0.3, 0.4) is 0 Å². The second-order valence-electron chi connectivity index (χ2n) is 5.46. The van der Waals surface area contributed by atoms with Crippen LogP contribution in [-0.2, 0) is 0 Å². The molecule has 2 aromatic carbocycles. The smallest absolute Gasteiger partial charge is 0.119 e. The standard InChI is InChI=1S/C18H22ClNO/c1-12-9-14(3)18(15(4)10-12)20-7-8-21-16-5-6-17(19)13(2)11-16/h5-6,9-11,20H,7-8H2,1-4H3. The van der Waals surface area contributed by atoms with E-state index in [1.807, 2.05) is 25.1 Å². The Labute approximate surface area is 132 Å². The Hall–Kier alpha value is -1.67. The van der Waals surface area contributed by atoms with Crippen LogP contribution in [0.1, 0.15) is 22.3 Å². The van der Waals surface area contributed by atoms with Crippen molar-refractivity contribution in [2.45, 2.75) is 27.7 Å². The van der Waals surface area contributed by atoms with Gasteiger partial charge in [0, 0.05) is 17.3 Å². The van der Waals surface area contributed by atoms with E-state index in [0.717, 1.165) is 22.9 Å². The van der Waals surface area contributed by atoms with Crippen molar-refractivity contribution in [1.82, 2.24) is 0 Å². The lowest BCUT2D eigenvalue weighted by Gasteiger charge is -2.14. The number of rotatable bonds is 5. The van der Waals surface area contributed by atoms with Crippen LogP contribution in [0.5, 0.6) is 5.75 Å². The average Bonchev–Trinajstić information content (AvgIpc) is 2.40. The number of benzene rings is 2. The number of aryl methyl sites for hydroxylation is 4. The van der Waals surface area contributed by atoms with E-state index >= 15 is 0 Å². The molecule has 0 radical (unpaired) electrons. The average molecular weight is 304 g/mol. The summed E-state index contributed by atoms with van der Waals surface area (Å²) in [6.45, 7) is 9.75. The predicted molar refractivity (Wildman–Crippen MR) is 90.8 cm³/mol. The summed E-state index contributed by atoms with van der Waals surface area (Å²) < 4.78 is 5.75. The van der Waals surface area contributed by atoms with E-state index in [0.29, 0.717) is 6.61 Å². The Bertz CT molecular complexity index is 614. The highest BCUT2D eigenvalue weighted by atomic mass is 35.5. The van der Waals surface area contributed by atoms with Crippen LogP contribution in [0.4, 0.5) is 5.69 Å². The minimum absolute atomic E-state index is 0.619. The Morgan fingerprint density at radius 3 is 2.24 bits per heavy atom. The summed E-state index contributed by atoms with van der Waals surface area (Å²) in [7, 11) is 0. The van der Waals surface area contributed by atoms with Crippen molar-refractivity contribution in [3.63, 3.8) is 0 Å². The normalized spacial score (nSPS) is 10.5. The first-order valence-electron chi connectivity index (χ1n) is 7.18. The Balaban J connectivity index is 1.89. The van der Waals surface area contributed by atoms with Gasteiger partial charge in [0.25, 0.3) is 0 Å². The number of ether oxygens (including phenoxy) is 1. The molecular formula is C18H22ClNO. The molecule has 2 aromatic rings. The molecular weight excluding hydrogens is 282 g/mol. The maximum absolute atomic E-state index is 6.00. The van der Waals surface area contributed by atoms with Gasteiger partial charge in [-0.2, -0.15) is 0 Å². The molecule has 0 amide bonds. The van der Waals surface area contributed by atoms with Gasteiger partial charge in [-0.25, -0.2) is 0 Å². The minimum Gasteiger partial charge on any atom is -0.492 e. The predicted octanol–water partition coefficient (Wildman–Crippen LogP) is 5.06. The van der Waals surface area contributed by atoms with E-state index in [9.17, 15) is 0 Å². The third-order valence-electron chi connectivity index (χ3n) is 3.48. The first-order valence-corrected chi connectivity index (χ1v) is 7.56. The summed E-state index contributed by atoms with van der Waals surface area (Å²) in [5, 5.41) is 4.22. The first kappa shape index (κ1) is 15.7. The van der Waals surface area contributed by atoms with Gasteiger partial charge in [-0.3, -0.25) is 0 Å². The lowest BCUT2D eigenvalue weighted by atomic mass is 10.1. The largest absolute Gasteiger partial charge is 0.492 e. The van der Waals surface area contributed by atoms with Crippen molar-refractivity contribution in [1.29, 1.82) is 0 Å². The molecule has 0 saturated carbocycles. The van der Waals surface area contributed by atoms with E-state index in [4.69, 9.17) is 16.3 Å². The molecule has 2 nitrogen and oxygen atoms in total. The molecule has 0 bridgehead atoms. The van der Waals surface area contributed by atoms with Gasteiger partial charge in [-0.1, -0.05) is 29.3 Å². The van der Waals surface area contributed by atoms with Crippen molar-refractivity contribution in [3.8, 4) is 5.75 Å². The molecule has 0 unspecified atom stereocenters. The fraction of sp³-hybridized carbons (Fsp3) is 0.333. The number of nitrogens with one attached hydrogen (secondary N) is 1. The SMILES string of the molecule is Cc1cc(C)c(NCCOc2ccc(Cl)c(C)c2)c(C)c1. The molecule has 0 aliphatic heterocycles. The summed E-state index contributed by atoms with van der Waals surface area (Å²) in [4.78, 5) is 0. The lowest BCUT2D eigenvalue weighted by molar-refractivity contribution is 0.332. The molecule has 0 aromatic heterocycles. The summed E-state index contributed by atoms with van der Waals surface area (Å²) in [6.07, 6.45) is 0. The Morgan fingerprint density at radius 1 is 0.952 bits per heavy atom. The third kappa shape index (κ3) is 4.15. The zero-order valence-electron chi connectivity index (χ0n) is 13.1. The third-order valence-corrected chi connectivity index (χ3v) is 3.90. The number of hydrogen-bond donors (Lipinski definition) is 1. The maximum atomic E-state index is 6.00. The van der Waals surface area contributed by atoms with Gasteiger partial charge in [0.15, 0.2) is 0 Å². The number of halogens is 1. The van der Waals surface area contributed by atoms with Gasteiger partial charge in [0.2, 0.25) is 0 Å². The molecule has 0 spiro atoms. The maximum Gasteiger partial charge on any atom is 0.119 e. The van der Waals surface area contributed by atoms with Crippen LogP contribution in [0.2, 0.25) is 5.02 Å². The highest BCUT2D eigenvalue weighted by Gasteiger charge is 2.03. The molecule has 0 heterocycles. The number of anilines is 1.